The first-order valence-corrected chi connectivity index (χ1v) is 12.3. The molecule has 0 aromatic heterocycles. The quantitative estimate of drug-likeness (QED) is 0.245. The van der Waals surface area contributed by atoms with Crippen LogP contribution in [0.2, 0.25) is 10.0 Å². The molecule has 9 nitrogen and oxygen atoms in total. The van der Waals surface area contributed by atoms with Crippen molar-refractivity contribution in [1.29, 1.82) is 0 Å². The van der Waals surface area contributed by atoms with Gasteiger partial charge >= 0.3 is 0 Å². The molecular formula is C23H20Cl2N4O5S. The van der Waals surface area contributed by atoms with Crippen LogP contribution in [0.1, 0.15) is 16.7 Å². The molecule has 12 heteroatoms. The minimum absolute atomic E-state index is 0.0197. The highest BCUT2D eigenvalue weighted by Crippen LogP contribution is 2.22. The van der Waals surface area contributed by atoms with Crippen LogP contribution in [0, 0.1) is 17.0 Å². The normalized spacial score (nSPS) is 11.7. The molecule has 0 atom stereocenters. The number of benzene rings is 3. The second-order valence-corrected chi connectivity index (χ2v) is 10.3. The molecule has 1 N–H and O–H groups in total. The number of carbonyl (C=O) groups is 1. The van der Waals surface area contributed by atoms with E-state index < -0.39 is 27.4 Å². The Bertz CT molecular complexity index is 1360. The summed E-state index contributed by atoms with van der Waals surface area (Å²) in [6.07, 6.45) is 1.14. The summed E-state index contributed by atoms with van der Waals surface area (Å²) in [7, 11) is -4.05. The highest BCUT2D eigenvalue weighted by Gasteiger charge is 2.27. The Hall–Kier alpha value is -3.31. The smallest absolute Gasteiger partial charge is 0.270 e. The van der Waals surface area contributed by atoms with Gasteiger partial charge in [0.15, 0.2) is 0 Å². The summed E-state index contributed by atoms with van der Waals surface area (Å²) in [6, 6.07) is 16.6. The minimum atomic E-state index is -4.05. The van der Waals surface area contributed by atoms with E-state index in [0.717, 1.165) is 16.1 Å². The molecular weight excluding hydrogens is 515 g/mol. The molecule has 0 saturated carbocycles. The van der Waals surface area contributed by atoms with Crippen molar-refractivity contribution in [2.24, 2.45) is 5.10 Å². The van der Waals surface area contributed by atoms with Crippen LogP contribution in [-0.2, 0) is 21.4 Å². The van der Waals surface area contributed by atoms with Crippen LogP contribution < -0.4 is 5.43 Å². The number of sulfonamides is 1. The zero-order valence-corrected chi connectivity index (χ0v) is 20.7. The highest BCUT2D eigenvalue weighted by molar-refractivity contribution is 7.89. The number of carbonyl (C=O) groups excluding carboxylic acids is 1. The van der Waals surface area contributed by atoms with Crippen molar-refractivity contribution in [1.82, 2.24) is 9.73 Å². The first-order chi connectivity index (χ1) is 16.6. The zero-order chi connectivity index (χ0) is 25.6. The summed E-state index contributed by atoms with van der Waals surface area (Å²) in [4.78, 5) is 22.9. The van der Waals surface area contributed by atoms with Gasteiger partial charge in [-0.25, -0.2) is 13.8 Å². The van der Waals surface area contributed by atoms with Gasteiger partial charge in [-0.05, 0) is 42.8 Å². The minimum Gasteiger partial charge on any atom is -0.272 e. The highest BCUT2D eigenvalue weighted by atomic mass is 35.5. The van der Waals surface area contributed by atoms with Crippen LogP contribution in [0.15, 0.2) is 76.7 Å². The molecule has 0 spiro atoms. The number of non-ortho nitro benzene ring substituents is 1. The molecule has 0 aliphatic heterocycles. The van der Waals surface area contributed by atoms with Crippen LogP contribution in [0.4, 0.5) is 5.69 Å². The summed E-state index contributed by atoms with van der Waals surface area (Å²) < 4.78 is 27.6. The molecule has 35 heavy (non-hydrogen) atoms. The number of aryl methyl sites for hydroxylation is 1. The molecule has 3 aromatic carbocycles. The van der Waals surface area contributed by atoms with E-state index >= 15 is 0 Å². The van der Waals surface area contributed by atoms with Crippen LogP contribution >= 0.6 is 23.2 Å². The molecule has 0 aliphatic carbocycles. The van der Waals surface area contributed by atoms with Crippen LogP contribution in [0.3, 0.4) is 0 Å². The molecule has 0 unspecified atom stereocenters. The Morgan fingerprint density at radius 2 is 1.74 bits per heavy atom. The van der Waals surface area contributed by atoms with Crippen molar-refractivity contribution in [3.8, 4) is 0 Å². The molecule has 3 aromatic rings. The topological polar surface area (TPSA) is 122 Å². The Labute approximate surface area is 212 Å². The predicted molar refractivity (Wildman–Crippen MR) is 134 cm³/mol. The maximum atomic E-state index is 13.3. The summed E-state index contributed by atoms with van der Waals surface area (Å²) in [5, 5.41) is 15.3. The number of rotatable bonds is 9. The third-order valence-corrected chi connectivity index (χ3v) is 7.24. The average Bonchev–Trinajstić information content (AvgIpc) is 2.81. The molecule has 0 fully saturated rings. The SMILES string of the molecule is Cc1ccc(CN(CC(=O)N/N=C\c2cc([N+](=O)[O-])ccc2Cl)S(=O)(=O)c2ccc(Cl)cc2)cc1. The molecule has 0 heterocycles. The fourth-order valence-electron chi connectivity index (χ4n) is 2.99. The van der Waals surface area contributed by atoms with Crippen molar-refractivity contribution in [3.63, 3.8) is 0 Å². The third-order valence-electron chi connectivity index (χ3n) is 4.83. The Kier molecular flexibility index (Phi) is 8.57. The first-order valence-electron chi connectivity index (χ1n) is 10.1. The van der Waals surface area contributed by atoms with E-state index in [1.807, 2.05) is 19.1 Å². The van der Waals surface area contributed by atoms with Crippen LogP contribution in [0.25, 0.3) is 0 Å². The maximum absolute atomic E-state index is 13.3. The first kappa shape index (κ1) is 26.3. The van der Waals surface area contributed by atoms with E-state index in [4.69, 9.17) is 23.2 Å². The third kappa shape index (κ3) is 7.09. The summed E-state index contributed by atoms with van der Waals surface area (Å²) in [6.45, 7) is 1.32. The van der Waals surface area contributed by atoms with Gasteiger partial charge in [-0.3, -0.25) is 14.9 Å². The molecule has 0 saturated heterocycles. The lowest BCUT2D eigenvalue weighted by Gasteiger charge is -2.21. The summed E-state index contributed by atoms with van der Waals surface area (Å²) >= 11 is 11.9. The Morgan fingerprint density at radius 1 is 1.09 bits per heavy atom. The van der Waals surface area contributed by atoms with E-state index in [0.29, 0.717) is 10.6 Å². The molecule has 182 valence electrons. The molecule has 0 bridgehead atoms. The number of hydrogen-bond donors (Lipinski definition) is 1. The number of nitro benzene ring substituents is 1. The van der Waals surface area contributed by atoms with Crippen molar-refractivity contribution < 1.29 is 18.1 Å². The lowest BCUT2D eigenvalue weighted by molar-refractivity contribution is -0.384. The van der Waals surface area contributed by atoms with E-state index in [1.165, 1.54) is 42.5 Å². The number of amides is 1. The lowest BCUT2D eigenvalue weighted by atomic mass is 10.1. The second-order valence-electron chi connectivity index (χ2n) is 7.47. The standard InChI is InChI=1S/C23H20Cl2N4O5S/c1-16-2-4-17(5-3-16)14-28(35(33,34)21-9-6-19(24)7-10-21)15-23(30)27-26-13-18-12-20(29(31)32)8-11-22(18)25/h2-13H,14-15H2,1H3,(H,27,30)/b26-13-. The summed E-state index contributed by atoms with van der Waals surface area (Å²) in [5.74, 6) is -0.715. The van der Waals surface area contributed by atoms with E-state index in [-0.39, 0.29) is 27.7 Å². The molecule has 3 rings (SSSR count). The molecule has 0 aliphatic rings. The van der Waals surface area contributed by atoms with Gasteiger partial charge < -0.3 is 0 Å². The van der Waals surface area contributed by atoms with Gasteiger partial charge in [-0.15, -0.1) is 0 Å². The fourth-order valence-corrected chi connectivity index (χ4v) is 4.67. The summed E-state index contributed by atoms with van der Waals surface area (Å²) in [5.41, 5.74) is 3.96. The van der Waals surface area contributed by atoms with Gasteiger partial charge in [-0.1, -0.05) is 53.0 Å². The fraction of sp³-hybridized carbons (Fsp3) is 0.130. The molecule has 0 radical (unpaired) electrons. The van der Waals surface area contributed by atoms with Crippen molar-refractivity contribution >= 4 is 51.0 Å². The van der Waals surface area contributed by atoms with E-state index in [9.17, 15) is 23.3 Å². The second kappa shape index (κ2) is 11.4. The van der Waals surface area contributed by atoms with Crippen molar-refractivity contribution in [3.05, 3.63) is 104 Å². The van der Waals surface area contributed by atoms with E-state index in [2.05, 4.69) is 10.5 Å². The van der Waals surface area contributed by atoms with Crippen molar-refractivity contribution in [2.45, 2.75) is 18.4 Å². The largest absolute Gasteiger partial charge is 0.272 e. The molecule has 1 amide bonds. The Morgan fingerprint density at radius 3 is 2.37 bits per heavy atom. The van der Waals surface area contributed by atoms with E-state index in [1.54, 1.807) is 12.1 Å². The van der Waals surface area contributed by atoms with Crippen LogP contribution in [0.5, 0.6) is 0 Å². The average molecular weight is 535 g/mol. The lowest BCUT2D eigenvalue weighted by Crippen LogP contribution is -2.39. The number of hydrogen-bond acceptors (Lipinski definition) is 6. The predicted octanol–water partition coefficient (Wildman–Crippen LogP) is 4.55. The van der Waals surface area contributed by atoms with Gasteiger partial charge in [-0.2, -0.15) is 9.41 Å². The Balaban J connectivity index is 1.80. The number of nitrogens with zero attached hydrogens (tertiary/aromatic N) is 3. The van der Waals surface area contributed by atoms with Gasteiger partial charge in [0.1, 0.15) is 0 Å². The number of hydrazone groups is 1. The van der Waals surface area contributed by atoms with Gasteiger partial charge in [0.2, 0.25) is 10.0 Å². The zero-order valence-electron chi connectivity index (χ0n) is 18.4. The van der Waals surface area contributed by atoms with Crippen LogP contribution in [-0.4, -0.2) is 36.3 Å². The van der Waals surface area contributed by atoms with Gasteiger partial charge in [0.25, 0.3) is 11.6 Å². The number of halogens is 2. The van der Waals surface area contributed by atoms with Gasteiger partial charge in [0.05, 0.1) is 22.6 Å². The monoisotopic (exact) mass is 534 g/mol. The van der Waals surface area contributed by atoms with Crippen molar-refractivity contribution in [2.75, 3.05) is 6.54 Å². The number of nitrogens with one attached hydrogen (secondary N) is 1. The van der Waals surface area contributed by atoms with Gasteiger partial charge in [0, 0.05) is 34.3 Å². The number of nitro groups is 1. The maximum Gasteiger partial charge on any atom is 0.270 e.